The van der Waals surface area contributed by atoms with Gasteiger partial charge >= 0.3 is 11.9 Å². The molecule has 1 atom stereocenters. The van der Waals surface area contributed by atoms with E-state index in [9.17, 15) is 20.0 Å². The normalized spacial score (nSPS) is 14.4. The summed E-state index contributed by atoms with van der Waals surface area (Å²) in [7, 11) is 0. The van der Waals surface area contributed by atoms with Gasteiger partial charge in [-0.1, -0.05) is 18.2 Å². The number of hydrogen-bond donors (Lipinski definition) is 2. The molecular weight excluding hydrogens is 488 g/mol. The fourth-order valence-electron chi connectivity index (χ4n) is 4.42. The minimum atomic E-state index is -1.08. The maximum absolute atomic E-state index is 12.2. The number of hydrogen-bond acceptors (Lipinski definition) is 8. The fraction of sp³-hybridized carbons (Fsp3) is 0.143. The molecule has 5 rings (SSSR count). The minimum Gasteiger partial charge on any atom is -0.478 e. The molecular formula is C28H22N4O6. The van der Waals surface area contributed by atoms with Gasteiger partial charge in [0.15, 0.2) is 0 Å². The van der Waals surface area contributed by atoms with Crippen LogP contribution in [0.2, 0.25) is 0 Å². The highest BCUT2D eigenvalue weighted by atomic mass is 16.5. The molecule has 1 unspecified atom stereocenters. The number of aromatic carboxylic acids is 1. The van der Waals surface area contributed by atoms with Crippen LogP contribution in [0.4, 0.5) is 0 Å². The molecule has 0 fully saturated rings. The zero-order chi connectivity index (χ0) is 27.0. The van der Waals surface area contributed by atoms with Crippen molar-refractivity contribution in [2.75, 3.05) is 6.61 Å². The van der Waals surface area contributed by atoms with Gasteiger partial charge in [0.2, 0.25) is 11.8 Å². The van der Waals surface area contributed by atoms with Crippen molar-refractivity contribution in [3.63, 3.8) is 0 Å². The van der Waals surface area contributed by atoms with Crippen molar-refractivity contribution < 1.29 is 28.6 Å². The molecule has 10 heteroatoms. The number of rotatable bonds is 6. The number of aromatic nitrogens is 2. The number of carbonyl (C=O) groups excluding carboxylic acids is 1. The number of nitrogens with two attached hydrogens (primary N) is 1. The Morgan fingerprint density at radius 1 is 1.16 bits per heavy atom. The molecule has 4 aromatic rings. The molecule has 0 saturated carbocycles. The molecule has 3 heterocycles. The Morgan fingerprint density at radius 2 is 1.92 bits per heavy atom. The van der Waals surface area contributed by atoms with Crippen LogP contribution in [0.25, 0.3) is 17.0 Å². The largest absolute Gasteiger partial charge is 0.478 e. The molecule has 2 aromatic carbocycles. The standard InChI is InChI=1S/C28H22N4O6/c1-3-36-28(35)18-8-4-6-16(12-18)21-10-11-22(37-21)24-20(14-29)25(30)38-26-23(24)15(2)31-32(26)19-9-5-7-17(13-19)27(33)34/h4-13,24H,3,30H2,1-2H3,(H,33,34). The van der Waals surface area contributed by atoms with Crippen LogP contribution in [0.3, 0.4) is 0 Å². The van der Waals surface area contributed by atoms with E-state index < -0.39 is 17.9 Å². The molecule has 10 nitrogen and oxygen atoms in total. The van der Waals surface area contributed by atoms with E-state index in [0.717, 1.165) is 0 Å². The van der Waals surface area contributed by atoms with Crippen LogP contribution in [0, 0.1) is 18.3 Å². The Morgan fingerprint density at radius 3 is 2.66 bits per heavy atom. The van der Waals surface area contributed by atoms with Crippen LogP contribution in [-0.4, -0.2) is 33.4 Å². The number of fused-ring (bicyclic) bond motifs is 1. The van der Waals surface area contributed by atoms with E-state index in [1.54, 1.807) is 62.4 Å². The van der Waals surface area contributed by atoms with Crippen LogP contribution in [0.5, 0.6) is 5.88 Å². The van der Waals surface area contributed by atoms with Crippen molar-refractivity contribution in [3.05, 3.63) is 100 Å². The molecule has 0 radical (unpaired) electrons. The first-order valence-electron chi connectivity index (χ1n) is 11.7. The maximum atomic E-state index is 12.2. The number of nitrogens with zero attached hydrogens (tertiary/aromatic N) is 3. The lowest BCUT2D eigenvalue weighted by atomic mass is 9.88. The highest BCUT2D eigenvalue weighted by Gasteiger charge is 2.38. The van der Waals surface area contributed by atoms with E-state index in [4.69, 9.17) is 19.6 Å². The van der Waals surface area contributed by atoms with E-state index >= 15 is 0 Å². The summed E-state index contributed by atoms with van der Waals surface area (Å²) in [6.45, 7) is 3.76. The molecule has 1 aliphatic rings. The molecule has 1 aliphatic heterocycles. The number of ether oxygens (including phenoxy) is 2. The van der Waals surface area contributed by atoms with Crippen molar-refractivity contribution in [2.24, 2.45) is 5.73 Å². The number of carboxylic acid groups (broad SMARTS) is 1. The number of carbonyl (C=O) groups is 2. The minimum absolute atomic E-state index is 0.0821. The summed E-state index contributed by atoms with van der Waals surface area (Å²) in [4.78, 5) is 23.7. The number of esters is 1. The average Bonchev–Trinajstić information content (AvgIpc) is 3.53. The van der Waals surface area contributed by atoms with Crippen LogP contribution in [0.15, 0.2) is 76.5 Å². The second-order valence-corrected chi connectivity index (χ2v) is 8.50. The van der Waals surface area contributed by atoms with Gasteiger partial charge in [0.1, 0.15) is 23.2 Å². The predicted molar refractivity (Wildman–Crippen MR) is 135 cm³/mol. The van der Waals surface area contributed by atoms with Gasteiger partial charge in [0.25, 0.3) is 0 Å². The molecule has 0 saturated heterocycles. The number of aryl methyl sites for hydroxylation is 1. The zero-order valence-corrected chi connectivity index (χ0v) is 20.5. The van der Waals surface area contributed by atoms with Crippen molar-refractivity contribution in [3.8, 4) is 29.0 Å². The lowest BCUT2D eigenvalue weighted by Crippen LogP contribution is -2.21. The number of furan rings is 1. The Kier molecular flexibility index (Phi) is 6.18. The van der Waals surface area contributed by atoms with Crippen molar-refractivity contribution >= 4 is 11.9 Å². The van der Waals surface area contributed by atoms with Crippen molar-refractivity contribution in [1.82, 2.24) is 9.78 Å². The summed E-state index contributed by atoms with van der Waals surface area (Å²) in [5.41, 5.74) is 9.02. The predicted octanol–water partition coefficient (Wildman–Crippen LogP) is 4.53. The second-order valence-electron chi connectivity index (χ2n) is 8.50. The van der Waals surface area contributed by atoms with Crippen molar-refractivity contribution in [1.29, 1.82) is 5.26 Å². The molecule has 0 spiro atoms. The van der Waals surface area contributed by atoms with Gasteiger partial charge in [0.05, 0.1) is 40.6 Å². The van der Waals surface area contributed by atoms with E-state index in [0.29, 0.717) is 39.6 Å². The molecule has 0 aliphatic carbocycles. The fourth-order valence-corrected chi connectivity index (χ4v) is 4.42. The number of nitriles is 1. The van der Waals surface area contributed by atoms with Crippen LogP contribution in [0.1, 0.15) is 50.6 Å². The first-order valence-corrected chi connectivity index (χ1v) is 11.7. The maximum Gasteiger partial charge on any atom is 0.338 e. The highest BCUT2D eigenvalue weighted by molar-refractivity contribution is 5.91. The lowest BCUT2D eigenvalue weighted by Gasteiger charge is -2.23. The Balaban J connectivity index is 1.60. The Hall–Kier alpha value is -5.30. The topological polar surface area (TPSA) is 154 Å². The summed E-state index contributed by atoms with van der Waals surface area (Å²) >= 11 is 0. The van der Waals surface area contributed by atoms with Gasteiger partial charge in [-0.15, -0.1) is 0 Å². The lowest BCUT2D eigenvalue weighted by molar-refractivity contribution is 0.0526. The van der Waals surface area contributed by atoms with Gasteiger partial charge in [-0.2, -0.15) is 10.4 Å². The number of allylic oxidation sites excluding steroid dienone is 1. The first-order chi connectivity index (χ1) is 18.3. The summed E-state index contributed by atoms with van der Waals surface area (Å²) in [6.07, 6.45) is 0. The zero-order valence-electron chi connectivity index (χ0n) is 20.5. The molecule has 2 aromatic heterocycles. The van der Waals surface area contributed by atoms with Gasteiger partial charge in [-0.3, -0.25) is 0 Å². The smallest absolute Gasteiger partial charge is 0.338 e. The molecule has 3 N–H and O–H groups in total. The molecule has 190 valence electrons. The molecule has 38 heavy (non-hydrogen) atoms. The van der Waals surface area contributed by atoms with Crippen molar-refractivity contribution in [2.45, 2.75) is 19.8 Å². The van der Waals surface area contributed by atoms with Gasteiger partial charge in [0, 0.05) is 5.56 Å². The van der Waals surface area contributed by atoms with Gasteiger partial charge < -0.3 is 24.7 Å². The third-order valence-electron chi connectivity index (χ3n) is 6.14. The molecule has 0 bridgehead atoms. The van der Waals surface area contributed by atoms with E-state index in [-0.39, 0.29) is 29.5 Å². The monoisotopic (exact) mass is 510 g/mol. The third-order valence-corrected chi connectivity index (χ3v) is 6.14. The SMILES string of the molecule is CCOC(=O)c1cccc(-c2ccc(C3C(C#N)=C(N)Oc4c3c(C)nn4-c3cccc(C(=O)O)c3)o2)c1. The van der Waals surface area contributed by atoms with Crippen LogP contribution >= 0.6 is 0 Å². The summed E-state index contributed by atoms with van der Waals surface area (Å²) < 4.78 is 18.6. The summed E-state index contributed by atoms with van der Waals surface area (Å²) in [6, 6.07) is 18.7. The van der Waals surface area contributed by atoms with Gasteiger partial charge in [-0.05, 0) is 56.3 Å². The second kappa shape index (κ2) is 9.63. The first kappa shape index (κ1) is 24.4. The van der Waals surface area contributed by atoms with Gasteiger partial charge in [-0.25, -0.2) is 14.3 Å². The Bertz CT molecular complexity index is 1660. The van der Waals surface area contributed by atoms with E-state index in [1.165, 1.54) is 16.8 Å². The Labute approximate surface area is 217 Å². The third kappa shape index (κ3) is 4.16. The van der Waals surface area contributed by atoms with E-state index in [2.05, 4.69) is 11.2 Å². The average molecular weight is 511 g/mol. The quantitative estimate of drug-likeness (QED) is 0.356. The summed E-state index contributed by atoms with van der Waals surface area (Å²) in [5.74, 6) is -1.18. The highest BCUT2D eigenvalue weighted by Crippen LogP contribution is 2.45. The van der Waals surface area contributed by atoms with E-state index in [1.807, 2.05) is 0 Å². The summed E-state index contributed by atoms with van der Waals surface area (Å²) in [5, 5.41) is 23.9. The molecule has 0 amide bonds. The number of benzene rings is 2. The number of carboxylic acids is 1. The van der Waals surface area contributed by atoms with Crippen LogP contribution < -0.4 is 10.5 Å². The van der Waals surface area contributed by atoms with Crippen LogP contribution in [-0.2, 0) is 4.74 Å².